The minimum absolute atomic E-state index is 0.00376. The van der Waals surface area contributed by atoms with Crippen LogP contribution < -0.4 is 0 Å². The third kappa shape index (κ3) is 4.06. The van der Waals surface area contributed by atoms with Crippen LogP contribution in [0.2, 0.25) is 19.6 Å². The van der Waals surface area contributed by atoms with E-state index in [1.807, 2.05) is 6.55 Å². The first-order valence-corrected chi connectivity index (χ1v) is 9.29. The van der Waals surface area contributed by atoms with Gasteiger partial charge in [-0.2, -0.15) is 0 Å². The minimum atomic E-state index is -1.84. The highest BCUT2D eigenvalue weighted by Crippen LogP contribution is 2.16. The highest BCUT2D eigenvalue weighted by Gasteiger charge is 2.36. The van der Waals surface area contributed by atoms with Gasteiger partial charge < -0.3 is 9.16 Å². The van der Waals surface area contributed by atoms with Gasteiger partial charge in [-0.1, -0.05) is 6.92 Å². The Labute approximate surface area is 84.3 Å². The Bertz CT molecular complexity index is 170. The second-order valence-corrected chi connectivity index (χ2v) is 8.65. The molecule has 0 aliphatic heterocycles. The molecular formula is C8H20NO2Si2+. The standard InChI is InChI=1S/C8H20NO2Si2/c1-6-7(10-2)13(4,5)11-8(9)12-3/h7,9,12H,6H2,1-5H3/q+1. The summed E-state index contributed by atoms with van der Waals surface area (Å²) in [5.41, 5.74) is 0.658. The van der Waals surface area contributed by atoms with E-state index in [1.54, 1.807) is 7.11 Å². The van der Waals surface area contributed by atoms with Crippen LogP contribution in [0.15, 0.2) is 0 Å². The van der Waals surface area contributed by atoms with Crippen molar-refractivity contribution in [1.82, 2.24) is 0 Å². The third-order valence-corrected chi connectivity index (χ3v) is 5.88. The van der Waals surface area contributed by atoms with Gasteiger partial charge >= 0.3 is 15.0 Å². The molecule has 0 aliphatic rings. The van der Waals surface area contributed by atoms with Gasteiger partial charge in [0.05, 0.1) is 12.3 Å². The Morgan fingerprint density at radius 3 is 2.38 bits per heavy atom. The molecule has 0 aromatic heterocycles. The summed E-state index contributed by atoms with van der Waals surface area (Å²) in [6, 6.07) is 0. The van der Waals surface area contributed by atoms with E-state index in [4.69, 9.17) is 14.6 Å². The maximum Gasteiger partial charge on any atom is 0.404 e. The summed E-state index contributed by atoms with van der Waals surface area (Å²) < 4.78 is 11.0. The molecule has 1 N–H and O–H groups in total. The molecule has 0 aromatic carbocycles. The number of hydrogen-bond donors (Lipinski definition) is 1. The predicted octanol–water partition coefficient (Wildman–Crippen LogP) is 1.59. The molecule has 0 amide bonds. The van der Waals surface area contributed by atoms with Crippen molar-refractivity contribution in [3.05, 3.63) is 0 Å². The Hall–Kier alpha value is -0.136. The lowest BCUT2D eigenvalue weighted by molar-refractivity contribution is 0.142. The largest absolute Gasteiger partial charge is 0.510 e. The average molecular weight is 218 g/mol. The van der Waals surface area contributed by atoms with Crippen LogP contribution in [0.4, 0.5) is 0 Å². The molecule has 0 saturated heterocycles. The molecule has 5 heteroatoms. The molecule has 0 fully saturated rings. The van der Waals surface area contributed by atoms with Crippen LogP contribution in [0.5, 0.6) is 0 Å². The molecule has 1 unspecified atom stereocenters. The van der Waals surface area contributed by atoms with Crippen LogP contribution in [-0.2, 0) is 9.16 Å². The first-order chi connectivity index (χ1) is 5.97. The summed E-state index contributed by atoms with van der Waals surface area (Å²) in [7, 11) is -0.130. The third-order valence-electron chi connectivity index (χ3n) is 2.07. The number of ether oxygens (including phenoxy) is 1. The monoisotopic (exact) mass is 218 g/mol. The van der Waals surface area contributed by atoms with Gasteiger partial charge in [0.2, 0.25) is 0 Å². The van der Waals surface area contributed by atoms with Gasteiger partial charge in [-0.05, 0) is 19.5 Å². The second kappa shape index (κ2) is 5.56. The van der Waals surface area contributed by atoms with Crippen molar-refractivity contribution in [2.24, 2.45) is 0 Å². The summed E-state index contributed by atoms with van der Waals surface area (Å²) in [5.74, 6) is 0. The van der Waals surface area contributed by atoms with Crippen LogP contribution >= 0.6 is 0 Å². The Balaban J connectivity index is 4.26. The van der Waals surface area contributed by atoms with Gasteiger partial charge in [0, 0.05) is 7.11 Å². The molecule has 3 nitrogen and oxygen atoms in total. The van der Waals surface area contributed by atoms with Gasteiger partial charge in [-0.25, -0.2) is 5.41 Å². The Kier molecular flexibility index (Phi) is 5.51. The topological polar surface area (TPSA) is 42.3 Å². The maximum absolute atomic E-state index is 7.53. The lowest BCUT2D eigenvalue weighted by Gasteiger charge is -2.28. The van der Waals surface area contributed by atoms with E-state index in [2.05, 4.69) is 20.0 Å². The maximum atomic E-state index is 7.53. The van der Waals surface area contributed by atoms with E-state index in [0.29, 0.717) is 5.52 Å². The quantitative estimate of drug-likeness (QED) is 0.433. The number of nitrogens with one attached hydrogen (secondary N) is 1. The van der Waals surface area contributed by atoms with E-state index in [-0.39, 0.29) is 15.2 Å². The molecular weight excluding hydrogens is 198 g/mol. The zero-order valence-corrected chi connectivity index (χ0v) is 11.3. The van der Waals surface area contributed by atoms with E-state index in [0.717, 1.165) is 6.42 Å². The zero-order chi connectivity index (χ0) is 10.5. The van der Waals surface area contributed by atoms with Crippen molar-refractivity contribution in [3.63, 3.8) is 0 Å². The fraction of sp³-hybridized carbons (Fsp3) is 0.875. The first-order valence-electron chi connectivity index (χ1n) is 4.57. The molecule has 0 heterocycles. The summed E-state index contributed by atoms with van der Waals surface area (Å²) in [6.07, 6.45) is 0.960. The lowest BCUT2D eigenvalue weighted by Crippen LogP contribution is -2.47. The van der Waals surface area contributed by atoms with E-state index in [9.17, 15) is 0 Å². The number of hydrogen-bond acceptors (Lipinski definition) is 3. The van der Waals surface area contributed by atoms with Crippen LogP contribution in [0.1, 0.15) is 13.3 Å². The highest BCUT2D eigenvalue weighted by molar-refractivity contribution is 6.81. The van der Waals surface area contributed by atoms with Crippen molar-refractivity contribution in [2.45, 2.75) is 38.7 Å². The fourth-order valence-electron chi connectivity index (χ4n) is 1.35. The summed E-state index contributed by atoms with van der Waals surface area (Å²) in [5, 5.41) is 7.53. The molecule has 76 valence electrons. The molecule has 0 aromatic rings. The molecule has 0 spiro atoms. The molecule has 0 aliphatic carbocycles. The molecule has 0 saturated carbocycles. The van der Waals surface area contributed by atoms with Gasteiger partial charge in [0.15, 0.2) is 0 Å². The van der Waals surface area contributed by atoms with Gasteiger partial charge in [-0.3, -0.25) is 0 Å². The average Bonchev–Trinajstić information content (AvgIpc) is 2.05. The van der Waals surface area contributed by atoms with Gasteiger partial charge in [0.25, 0.3) is 8.32 Å². The lowest BCUT2D eigenvalue weighted by atomic mass is 10.5. The summed E-state index contributed by atoms with van der Waals surface area (Å²) in [4.78, 5) is 0. The van der Waals surface area contributed by atoms with E-state index >= 15 is 0 Å². The van der Waals surface area contributed by atoms with Crippen molar-refractivity contribution in [1.29, 1.82) is 5.41 Å². The van der Waals surface area contributed by atoms with Crippen LogP contribution in [0.25, 0.3) is 0 Å². The van der Waals surface area contributed by atoms with Crippen molar-refractivity contribution in [3.8, 4) is 0 Å². The van der Waals surface area contributed by atoms with Crippen molar-refractivity contribution >= 4 is 23.4 Å². The first kappa shape index (κ1) is 12.9. The second-order valence-electron chi connectivity index (χ2n) is 3.49. The van der Waals surface area contributed by atoms with Crippen LogP contribution in [0.3, 0.4) is 0 Å². The zero-order valence-electron chi connectivity index (χ0n) is 9.18. The SMILES string of the molecule is CCC(OC)[Si](C)(C)OC(=N)[SiH+]C. The Morgan fingerprint density at radius 1 is 1.54 bits per heavy atom. The molecule has 0 rings (SSSR count). The predicted molar refractivity (Wildman–Crippen MR) is 60.4 cm³/mol. The normalized spacial score (nSPS) is 13.6. The summed E-state index contributed by atoms with van der Waals surface area (Å²) in [6.45, 7) is 8.32. The molecule has 13 heavy (non-hydrogen) atoms. The fourth-order valence-corrected chi connectivity index (χ4v) is 4.98. The minimum Gasteiger partial charge on any atom is -0.510 e. The highest BCUT2D eigenvalue weighted by atomic mass is 28.4. The van der Waals surface area contributed by atoms with Gasteiger partial charge in [0.1, 0.15) is 0 Å². The number of methoxy groups -OCH3 is 1. The van der Waals surface area contributed by atoms with Crippen molar-refractivity contribution < 1.29 is 9.16 Å². The molecule has 1 atom stereocenters. The van der Waals surface area contributed by atoms with Crippen LogP contribution in [0, 0.1) is 5.41 Å². The smallest absolute Gasteiger partial charge is 0.404 e. The van der Waals surface area contributed by atoms with Gasteiger partial charge in [-0.15, -0.1) is 0 Å². The molecule has 0 bridgehead atoms. The van der Waals surface area contributed by atoms with Crippen molar-refractivity contribution in [2.75, 3.05) is 7.11 Å². The van der Waals surface area contributed by atoms with Crippen LogP contribution in [-0.4, -0.2) is 36.2 Å². The van der Waals surface area contributed by atoms with E-state index in [1.165, 1.54) is 0 Å². The number of rotatable bonds is 5. The molecule has 0 radical (unpaired) electrons. The van der Waals surface area contributed by atoms with E-state index < -0.39 is 8.32 Å². The summed E-state index contributed by atoms with van der Waals surface area (Å²) >= 11 is 0. The Morgan fingerprint density at radius 2 is 2.08 bits per heavy atom.